The molecule has 2 heterocycles. The van der Waals surface area contributed by atoms with Crippen LogP contribution in [0.15, 0.2) is 20.9 Å². The topological polar surface area (TPSA) is 133 Å². The summed E-state index contributed by atoms with van der Waals surface area (Å²) in [7, 11) is 0. The SMILES string of the molecule is Cc1cn([C@H]2CC(O)[C@](CI)(N=[N+]=[N-])O2)c(=O)[nH]c1=O. The standard InChI is InChI=1S/C10H12IN5O4/c1-5-3-16(9(19)13-8(5)18)7-2-6(17)10(4-11,20-7)14-15-12/h3,6-7,17H,2,4H2,1H3,(H,13,18,19)/t6?,7-,10-/m1/s1. The van der Waals surface area contributed by atoms with Gasteiger partial charge < -0.3 is 9.84 Å². The fraction of sp³-hybridized carbons (Fsp3) is 0.600. The first-order chi connectivity index (χ1) is 9.43. The Balaban J connectivity index is 2.43. The Hall–Kier alpha value is -1.36. The molecule has 1 saturated heterocycles. The second kappa shape index (κ2) is 5.56. The molecular weight excluding hydrogens is 381 g/mol. The van der Waals surface area contributed by atoms with Crippen molar-refractivity contribution in [2.24, 2.45) is 5.11 Å². The highest BCUT2D eigenvalue weighted by atomic mass is 127. The van der Waals surface area contributed by atoms with Gasteiger partial charge in [0.25, 0.3) is 5.56 Å². The average Bonchev–Trinajstić information content (AvgIpc) is 2.72. The van der Waals surface area contributed by atoms with Gasteiger partial charge in [0.05, 0.1) is 6.10 Å². The van der Waals surface area contributed by atoms with Crippen LogP contribution in [-0.2, 0) is 4.74 Å². The molecular formula is C10H12IN5O4. The van der Waals surface area contributed by atoms with E-state index >= 15 is 0 Å². The highest BCUT2D eigenvalue weighted by Gasteiger charge is 2.48. The van der Waals surface area contributed by atoms with Gasteiger partial charge in [-0.1, -0.05) is 27.7 Å². The molecule has 20 heavy (non-hydrogen) atoms. The van der Waals surface area contributed by atoms with E-state index in [0.29, 0.717) is 5.56 Å². The molecule has 0 amide bonds. The van der Waals surface area contributed by atoms with E-state index in [9.17, 15) is 14.7 Å². The number of aryl methyl sites for hydroxylation is 1. The number of hydrogen-bond donors (Lipinski definition) is 2. The smallest absolute Gasteiger partial charge is 0.330 e. The molecule has 1 aliphatic heterocycles. The molecule has 10 heteroatoms. The Bertz CT molecular complexity index is 679. The molecule has 2 rings (SSSR count). The minimum atomic E-state index is -1.40. The van der Waals surface area contributed by atoms with Crippen molar-refractivity contribution in [3.8, 4) is 0 Å². The molecule has 2 N–H and O–H groups in total. The monoisotopic (exact) mass is 393 g/mol. The van der Waals surface area contributed by atoms with Crippen molar-refractivity contribution in [1.82, 2.24) is 9.55 Å². The maximum absolute atomic E-state index is 11.8. The second-order valence-corrected chi connectivity index (χ2v) is 5.23. The number of alkyl halides is 1. The first kappa shape index (κ1) is 15.0. The van der Waals surface area contributed by atoms with Crippen molar-refractivity contribution in [2.45, 2.75) is 31.4 Å². The molecule has 0 aromatic carbocycles. The van der Waals surface area contributed by atoms with E-state index < -0.39 is 29.3 Å². The summed E-state index contributed by atoms with van der Waals surface area (Å²) in [6.07, 6.45) is -0.376. The number of aliphatic hydroxyl groups excluding tert-OH is 1. The van der Waals surface area contributed by atoms with Gasteiger partial charge in [0.1, 0.15) is 6.23 Å². The largest absolute Gasteiger partial charge is 0.390 e. The molecule has 108 valence electrons. The number of H-pyrrole nitrogens is 1. The first-order valence-electron chi connectivity index (χ1n) is 5.73. The number of aliphatic hydroxyl groups is 1. The highest BCUT2D eigenvalue weighted by Crippen LogP contribution is 2.38. The number of rotatable bonds is 3. The van der Waals surface area contributed by atoms with E-state index in [1.165, 1.54) is 10.8 Å². The van der Waals surface area contributed by atoms with Crippen LogP contribution in [0.2, 0.25) is 0 Å². The number of halogens is 1. The van der Waals surface area contributed by atoms with Crippen molar-refractivity contribution in [1.29, 1.82) is 0 Å². The number of nitrogens with zero attached hydrogens (tertiary/aromatic N) is 4. The van der Waals surface area contributed by atoms with Crippen LogP contribution < -0.4 is 11.2 Å². The number of aromatic nitrogens is 2. The van der Waals surface area contributed by atoms with E-state index in [1.807, 2.05) is 22.6 Å². The lowest BCUT2D eigenvalue weighted by molar-refractivity contribution is -0.0820. The van der Waals surface area contributed by atoms with Crippen molar-refractivity contribution in [3.63, 3.8) is 0 Å². The summed E-state index contributed by atoms with van der Waals surface area (Å²) in [5, 5.41) is 13.5. The summed E-state index contributed by atoms with van der Waals surface area (Å²) < 4.78 is 7.00. The van der Waals surface area contributed by atoms with Crippen LogP contribution >= 0.6 is 22.6 Å². The fourth-order valence-corrected chi connectivity index (χ4v) is 2.86. The van der Waals surface area contributed by atoms with E-state index in [4.69, 9.17) is 10.3 Å². The summed E-state index contributed by atoms with van der Waals surface area (Å²) in [6, 6.07) is 0. The Labute approximate surface area is 126 Å². The second-order valence-electron chi connectivity index (χ2n) is 4.47. The average molecular weight is 393 g/mol. The molecule has 0 radical (unpaired) electrons. The summed E-state index contributed by atoms with van der Waals surface area (Å²) in [4.78, 5) is 28.0. The lowest BCUT2D eigenvalue weighted by Crippen LogP contribution is -2.39. The number of nitrogens with one attached hydrogen (secondary N) is 1. The fourth-order valence-electron chi connectivity index (χ4n) is 2.02. The molecule has 1 aliphatic rings. The van der Waals surface area contributed by atoms with Gasteiger partial charge in [0.15, 0.2) is 5.72 Å². The van der Waals surface area contributed by atoms with Crippen LogP contribution in [0.5, 0.6) is 0 Å². The van der Waals surface area contributed by atoms with Gasteiger partial charge in [-0.3, -0.25) is 14.3 Å². The summed E-state index contributed by atoms with van der Waals surface area (Å²) >= 11 is 1.94. The van der Waals surface area contributed by atoms with Crippen LogP contribution in [0.1, 0.15) is 18.2 Å². The van der Waals surface area contributed by atoms with Gasteiger partial charge in [-0.25, -0.2) is 4.79 Å². The zero-order valence-corrected chi connectivity index (χ0v) is 12.6. The summed E-state index contributed by atoms with van der Waals surface area (Å²) in [5.74, 6) is 0. The third-order valence-electron chi connectivity index (χ3n) is 3.15. The molecule has 1 unspecified atom stereocenters. The van der Waals surface area contributed by atoms with Gasteiger partial charge in [-0.15, -0.1) is 0 Å². The Morgan fingerprint density at radius 2 is 2.45 bits per heavy atom. The molecule has 1 fully saturated rings. The van der Waals surface area contributed by atoms with Crippen molar-refractivity contribution < 1.29 is 9.84 Å². The Kier molecular flexibility index (Phi) is 4.18. The van der Waals surface area contributed by atoms with Gasteiger partial charge >= 0.3 is 5.69 Å². The molecule has 1 aromatic heterocycles. The van der Waals surface area contributed by atoms with Crippen LogP contribution in [0.3, 0.4) is 0 Å². The van der Waals surface area contributed by atoms with Crippen LogP contribution in [-0.4, -0.2) is 30.9 Å². The number of aromatic amines is 1. The maximum atomic E-state index is 11.8. The normalized spacial score (nSPS) is 29.1. The minimum absolute atomic E-state index is 0.0907. The van der Waals surface area contributed by atoms with Gasteiger partial charge in [0.2, 0.25) is 0 Å². The Morgan fingerprint density at radius 1 is 1.75 bits per heavy atom. The lowest BCUT2D eigenvalue weighted by Gasteiger charge is -2.24. The van der Waals surface area contributed by atoms with Gasteiger partial charge in [-0.2, -0.15) is 0 Å². The van der Waals surface area contributed by atoms with Crippen LogP contribution in [0.25, 0.3) is 10.4 Å². The van der Waals surface area contributed by atoms with E-state index in [1.54, 1.807) is 6.92 Å². The molecule has 1 aromatic rings. The molecule has 0 aliphatic carbocycles. The maximum Gasteiger partial charge on any atom is 0.330 e. The summed E-state index contributed by atoms with van der Waals surface area (Å²) in [6.45, 7) is 1.55. The van der Waals surface area contributed by atoms with E-state index in [0.717, 1.165) is 0 Å². The predicted octanol–water partition coefficient (Wildman–Crippen LogP) is 0.566. The molecule has 0 bridgehead atoms. The van der Waals surface area contributed by atoms with E-state index in [2.05, 4.69) is 15.0 Å². The molecule has 0 spiro atoms. The Morgan fingerprint density at radius 3 is 3.05 bits per heavy atom. The quantitative estimate of drug-likeness (QED) is 0.255. The first-order valence-corrected chi connectivity index (χ1v) is 7.26. The summed E-state index contributed by atoms with van der Waals surface area (Å²) in [5.41, 5.74) is 6.42. The van der Waals surface area contributed by atoms with Crippen LogP contribution in [0, 0.1) is 6.92 Å². The number of ether oxygens (including phenoxy) is 1. The van der Waals surface area contributed by atoms with Gasteiger partial charge in [-0.05, 0) is 12.5 Å². The lowest BCUT2D eigenvalue weighted by atomic mass is 10.1. The highest BCUT2D eigenvalue weighted by molar-refractivity contribution is 14.1. The van der Waals surface area contributed by atoms with Gasteiger partial charge in [0, 0.05) is 27.5 Å². The molecule has 9 nitrogen and oxygen atoms in total. The number of hydrogen-bond acceptors (Lipinski definition) is 5. The third-order valence-corrected chi connectivity index (χ3v) is 4.24. The van der Waals surface area contributed by atoms with Crippen molar-refractivity contribution in [3.05, 3.63) is 43.0 Å². The van der Waals surface area contributed by atoms with Crippen LogP contribution in [0.4, 0.5) is 0 Å². The minimum Gasteiger partial charge on any atom is -0.390 e. The van der Waals surface area contributed by atoms with E-state index in [-0.39, 0.29) is 10.8 Å². The number of azide groups is 1. The molecule has 0 saturated carbocycles. The van der Waals surface area contributed by atoms with Crippen molar-refractivity contribution in [2.75, 3.05) is 4.43 Å². The third kappa shape index (κ3) is 2.46. The van der Waals surface area contributed by atoms with Crippen molar-refractivity contribution >= 4 is 22.6 Å². The zero-order chi connectivity index (χ0) is 14.9. The molecule has 3 atom stereocenters. The predicted molar refractivity (Wildman–Crippen MR) is 77.6 cm³/mol. The zero-order valence-electron chi connectivity index (χ0n) is 10.5.